The van der Waals surface area contributed by atoms with E-state index in [0.717, 1.165) is 30.8 Å². The highest BCUT2D eigenvalue weighted by Gasteiger charge is 2.18. The van der Waals surface area contributed by atoms with E-state index in [0.29, 0.717) is 24.0 Å². The van der Waals surface area contributed by atoms with Gasteiger partial charge in [0.25, 0.3) is 0 Å². The van der Waals surface area contributed by atoms with Gasteiger partial charge in [0.05, 0.1) is 13.2 Å². The zero-order valence-electron chi connectivity index (χ0n) is 11.1. The summed E-state index contributed by atoms with van der Waals surface area (Å²) in [5, 5.41) is 0. The Morgan fingerprint density at radius 3 is 2.95 bits per heavy atom. The predicted molar refractivity (Wildman–Crippen MR) is 78.0 cm³/mol. The minimum Gasteiger partial charge on any atom is -0.490 e. The Morgan fingerprint density at radius 1 is 1.47 bits per heavy atom. The molecule has 1 unspecified atom stereocenters. The number of nitrogens with two attached hydrogens (primary N) is 1. The molecule has 1 aromatic rings. The fraction of sp³-hybridized carbons (Fsp3) is 0.500. The smallest absolute Gasteiger partial charge is 0.161 e. The Balaban J connectivity index is 2.15. The largest absolute Gasteiger partial charge is 0.490 e. The first-order chi connectivity index (χ1) is 9.20. The van der Waals surface area contributed by atoms with Crippen molar-refractivity contribution < 1.29 is 14.2 Å². The molecule has 0 amide bonds. The van der Waals surface area contributed by atoms with Crippen LogP contribution >= 0.6 is 12.2 Å². The molecule has 2 rings (SSSR count). The third-order valence-corrected chi connectivity index (χ3v) is 3.18. The Kier molecular flexibility index (Phi) is 4.99. The van der Waals surface area contributed by atoms with Crippen LogP contribution in [0.15, 0.2) is 18.2 Å². The Morgan fingerprint density at radius 2 is 2.32 bits per heavy atom. The lowest BCUT2D eigenvalue weighted by Gasteiger charge is -2.24. The van der Waals surface area contributed by atoms with Crippen molar-refractivity contribution in [3.8, 4) is 11.5 Å². The fourth-order valence-corrected chi connectivity index (χ4v) is 2.14. The molecule has 1 fully saturated rings. The van der Waals surface area contributed by atoms with E-state index in [2.05, 4.69) is 0 Å². The van der Waals surface area contributed by atoms with Gasteiger partial charge >= 0.3 is 0 Å². The first-order valence-corrected chi connectivity index (χ1v) is 6.92. The van der Waals surface area contributed by atoms with Gasteiger partial charge in [-0.1, -0.05) is 12.2 Å². The van der Waals surface area contributed by atoms with Crippen LogP contribution in [-0.4, -0.2) is 30.9 Å². The summed E-state index contributed by atoms with van der Waals surface area (Å²) in [6.45, 7) is 3.94. The summed E-state index contributed by atoms with van der Waals surface area (Å²) >= 11 is 4.97. The Labute approximate surface area is 118 Å². The second-order valence-electron chi connectivity index (χ2n) is 4.42. The molecule has 0 aliphatic carbocycles. The van der Waals surface area contributed by atoms with Crippen LogP contribution in [0.4, 0.5) is 0 Å². The van der Waals surface area contributed by atoms with Crippen LogP contribution < -0.4 is 15.2 Å². The summed E-state index contributed by atoms with van der Waals surface area (Å²) in [4.78, 5) is 0.355. The normalized spacial score (nSPS) is 18.9. The Hall–Kier alpha value is -1.33. The van der Waals surface area contributed by atoms with Crippen molar-refractivity contribution in [2.45, 2.75) is 25.9 Å². The third kappa shape index (κ3) is 3.81. The SMILES string of the molecule is CCOc1cc(C(N)=S)ccc1OC1CCCOC1. The van der Waals surface area contributed by atoms with Crippen molar-refractivity contribution in [1.82, 2.24) is 0 Å². The molecule has 1 aliphatic rings. The van der Waals surface area contributed by atoms with Crippen LogP contribution in [-0.2, 0) is 4.74 Å². The number of hydrogen-bond acceptors (Lipinski definition) is 4. The van der Waals surface area contributed by atoms with Crippen molar-refractivity contribution in [2.24, 2.45) is 5.73 Å². The van der Waals surface area contributed by atoms with Gasteiger partial charge in [0.1, 0.15) is 11.1 Å². The topological polar surface area (TPSA) is 53.7 Å². The number of benzene rings is 1. The van der Waals surface area contributed by atoms with Crippen molar-refractivity contribution in [1.29, 1.82) is 0 Å². The zero-order valence-corrected chi connectivity index (χ0v) is 11.9. The molecule has 1 atom stereocenters. The zero-order chi connectivity index (χ0) is 13.7. The van der Waals surface area contributed by atoms with Crippen LogP contribution in [0.1, 0.15) is 25.3 Å². The quantitative estimate of drug-likeness (QED) is 0.839. The summed E-state index contributed by atoms with van der Waals surface area (Å²) in [7, 11) is 0. The van der Waals surface area contributed by atoms with Gasteiger partial charge in [-0.2, -0.15) is 0 Å². The average molecular weight is 281 g/mol. The number of ether oxygens (including phenoxy) is 3. The van der Waals surface area contributed by atoms with E-state index >= 15 is 0 Å². The van der Waals surface area contributed by atoms with Gasteiger partial charge in [-0.25, -0.2) is 0 Å². The molecule has 2 N–H and O–H groups in total. The van der Waals surface area contributed by atoms with E-state index in [4.69, 9.17) is 32.2 Å². The maximum atomic E-state index is 5.94. The lowest BCUT2D eigenvalue weighted by molar-refractivity contribution is 0.00625. The summed E-state index contributed by atoms with van der Waals surface area (Å²) in [5.74, 6) is 1.40. The molecular weight excluding hydrogens is 262 g/mol. The monoisotopic (exact) mass is 281 g/mol. The van der Waals surface area contributed by atoms with Crippen molar-refractivity contribution >= 4 is 17.2 Å². The molecule has 19 heavy (non-hydrogen) atoms. The summed E-state index contributed by atoms with van der Waals surface area (Å²) < 4.78 is 16.9. The second-order valence-corrected chi connectivity index (χ2v) is 4.86. The van der Waals surface area contributed by atoms with Gasteiger partial charge in [-0.3, -0.25) is 0 Å². The first-order valence-electron chi connectivity index (χ1n) is 6.51. The molecule has 1 heterocycles. The molecule has 104 valence electrons. The molecule has 0 radical (unpaired) electrons. The van der Waals surface area contributed by atoms with Crippen molar-refractivity contribution in [3.05, 3.63) is 23.8 Å². The summed E-state index contributed by atoms with van der Waals surface area (Å²) in [5.41, 5.74) is 6.41. The lowest BCUT2D eigenvalue weighted by Crippen LogP contribution is -2.28. The van der Waals surface area contributed by atoms with Crippen molar-refractivity contribution in [3.63, 3.8) is 0 Å². The van der Waals surface area contributed by atoms with E-state index < -0.39 is 0 Å². The minimum atomic E-state index is 0.0867. The van der Waals surface area contributed by atoms with E-state index in [-0.39, 0.29) is 6.10 Å². The van der Waals surface area contributed by atoms with Crippen LogP contribution in [0.3, 0.4) is 0 Å². The molecule has 0 aromatic heterocycles. The maximum Gasteiger partial charge on any atom is 0.161 e. The second kappa shape index (κ2) is 6.73. The molecule has 1 aromatic carbocycles. The summed E-state index contributed by atoms with van der Waals surface area (Å²) in [6.07, 6.45) is 2.12. The highest BCUT2D eigenvalue weighted by Crippen LogP contribution is 2.30. The third-order valence-electron chi connectivity index (χ3n) is 2.94. The molecule has 0 spiro atoms. The average Bonchev–Trinajstić information content (AvgIpc) is 2.42. The molecule has 1 saturated heterocycles. The summed E-state index contributed by atoms with van der Waals surface area (Å²) in [6, 6.07) is 5.53. The predicted octanol–water partition coefficient (Wildman–Crippen LogP) is 2.28. The van der Waals surface area contributed by atoms with Gasteiger partial charge < -0.3 is 19.9 Å². The molecule has 0 bridgehead atoms. The van der Waals surface area contributed by atoms with E-state index in [1.54, 1.807) is 0 Å². The van der Waals surface area contributed by atoms with Gasteiger partial charge in [0.15, 0.2) is 11.5 Å². The lowest BCUT2D eigenvalue weighted by atomic mass is 10.1. The number of rotatable bonds is 5. The molecule has 5 heteroatoms. The van der Waals surface area contributed by atoms with Crippen LogP contribution in [0.5, 0.6) is 11.5 Å². The van der Waals surface area contributed by atoms with Crippen LogP contribution in [0.2, 0.25) is 0 Å². The highest BCUT2D eigenvalue weighted by molar-refractivity contribution is 7.80. The Bertz CT molecular complexity index is 444. The van der Waals surface area contributed by atoms with Gasteiger partial charge in [0, 0.05) is 12.2 Å². The van der Waals surface area contributed by atoms with Crippen LogP contribution in [0.25, 0.3) is 0 Å². The fourth-order valence-electron chi connectivity index (χ4n) is 2.01. The van der Waals surface area contributed by atoms with E-state index in [9.17, 15) is 0 Å². The maximum absolute atomic E-state index is 5.94. The van der Waals surface area contributed by atoms with Crippen LogP contribution in [0, 0.1) is 0 Å². The molecule has 4 nitrogen and oxygen atoms in total. The molecule has 0 saturated carbocycles. The molecular formula is C14H19NO3S. The highest BCUT2D eigenvalue weighted by atomic mass is 32.1. The number of hydrogen-bond donors (Lipinski definition) is 1. The van der Waals surface area contributed by atoms with Crippen molar-refractivity contribution in [2.75, 3.05) is 19.8 Å². The van der Waals surface area contributed by atoms with Gasteiger partial charge in [-0.05, 0) is 38.0 Å². The van der Waals surface area contributed by atoms with Gasteiger partial charge in [0.2, 0.25) is 0 Å². The van der Waals surface area contributed by atoms with E-state index in [1.165, 1.54) is 0 Å². The first kappa shape index (κ1) is 14.1. The van der Waals surface area contributed by atoms with E-state index in [1.807, 2.05) is 25.1 Å². The number of thiocarbonyl (C=S) groups is 1. The minimum absolute atomic E-state index is 0.0867. The molecule has 1 aliphatic heterocycles. The van der Waals surface area contributed by atoms with Gasteiger partial charge in [-0.15, -0.1) is 0 Å². The standard InChI is InChI=1S/C14H19NO3S/c1-2-17-13-8-10(14(15)19)5-6-12(13)18-11-4-3-7-16-9-11/h5-6,8,11H,2-4,7,9H2,1H3,(H2,15,19).